The van der Waals surface area contributed by atoms with Gasteiger partial charge in [0.05, 0.1) is 19.3 Å². The van der Waals surface area contributed by atoms with E-state index in [2.05, 4.69) is 38.7 Å². The number of piperidine rings is 1. The normalized spacial score (nSPS) is 53.8. The van der Waals surface area contributed by atoms with Crippen molar-refractivity contribution in [3.63, 3.8) is 0 Å². The number of ether oxygens (including phenoxy) is 4. The van der Waals surface area contributed by atoms with Crippen LogP contribution in [0.1, 0.15) is 79.1 Å². The molecule has 49 heavy (non-hydrogen) atoms. The zero-order chi connectivity index (χ0) is 35.0. The average Bonchev–Trinajstić information content (AvgIpc) is 3.41. The number of aliphatic hydroxyl groups excluding tert-OH is 6. The van der Waals surface area contributed by atoms with E-state index in [-0.39, 0.29) is 23.5 Å². The van der Waals surface area contributed by atoms with Gasteiger partial charge in [-0.1, -0.05) is 51.5 Å². The molecule has 18 unspecified atom stereocenters. The van der Waals surface area contributed by atoms with Crippen LogP contribution in [0.15, 0.2) is 23.8 Å². The molecule has 0 radical (unpaired) electrons. The molecule has 0 spiro atoms. The highest BCUT2D eigenvalue weighted by Crippen LogP contribution is 2.64. The number of hydrogen-bond acceptors (Lipinski definition) is 11. The predicted octanol–water partition coefficient (Wildman–Crippen LogP) is 2.11. The zero-order valence-corrected chi connectivity index (χ0v) is 29.8. The van der Waals surface area contributed by atoms with Crippen LogP contribution >= 0.6 is 0 Å². The molecule has 11 heteroatoms. The van der Waals surface area contributed by atoms with Gasteiger partial charge in [0.2, 0.25) is 0 Å². The lowest BCUT2D eigenvalue weighted by molar-refractivity contribution is -0.346. The largest absolute Gasteiger partial charge is 0.394 e. The van der Waals surface area contributed by atoms with E-state index in [4.69, 9.17) is 25.5 Å². The van der Waals surface area contributed by atoms with E-state index in [0.717, 1.165) is 37.6 Å². The minimum atomic E-state index is -1.62. The van der Waals surface area contributed by atoms with Crippen molar-refractivity contribution < 1.29 is 49.6 Å². The summed E-state index contributed by atoms with van der Waals surface area (Å²) < 4.78 is 23.3. The van der Waals surface area contributed by atoms with Crippen molar-refractivity contribution in [2.45, 2.75) is 147 Å². The fourth-order valence-corrected chi connectivity index (χ4v) is 11.4. The number of allylic oxidation sites excluding steroid dienone is 2. The van der Waals surface area contributed by atoms with Crippen LogP contribution < -0.4 is 0 Å². The van der Waals surface area contributed by atoms with Gasteiger partial charge in [0.25, 0.3) is 0 Å². The molecule has 0 aromatic rings. The number of hydrogen-bond donors (Lipinski definition) is 6. The van der Waals surface area contributed by atoms with Gasteiger partial charge in [-0.3, -0.25) is 4.90 Å². The van der Waals surface area contributed by atoms with Gasteiger partial charge >= 0.3 is 0 Å². The van der Waals surface area contributed by atoms with Crippen LogP contribution in [0, 0.1) is 40.4 Å². The van der Waals surface area contributed by atoms with Crippen molar-refractivity contribution in [2.24, 2.45) is 40.4 Å². The Hall–Kier alpha value is -0.960. The standard InChI is InChI=1S/C38H61NO10/c1-19-6-9-27-20(2)26(16-39(27)15-19)37(4)13-11-25-24(21(37)3)8-7-22-14-23(10-12-38(22,25)5)47-35-33(44)31(42)29(18-46-35)49-36-34(45)32(43)30(41)28(17-40)48-36/h7,19-20,23-36,40-45H,3,6,8-18H2,1-2,4-5H3. The van der Waals surface area contributed by atoms with Crippen LogP contribution in [0.25, 0.3) is 0 Å². The SMILES string of the molecule is C=C1C2CC=C3CC(OC4OCC(OC5OC(CO)C(O)C(O)C5O)C(O)C4O)CCC3(C)C2CCC1(C)C1CN2CC(C)CCC2C1C. The van der Waals surface area contributed by atoms with Crippen LogP contribution in [-0.4, -0.2) is 129 Å². The Bertz CT molecular complexity index is 1250. The van der Waals surface area contributed by atoms with Crippen molar-refractivity contribution in [1.82, 2.24) is 4.90 Å². The maximum Gasteiger partial charge on any atom is 0.187 e. The monoisotopic (exact) mass is 691 g/mol. The summed E-state index contributed by atoms with van der Waals surface area (Å²) in [7, 11) is 0. The second-order valence-corrected chi connectivity index (χ2v) is 17.3. The fourth-order valence-electron chi connectivity index (χ4n) is 11.4. The summed E-state index contributed by atoms with van der Waals surface area (Å²) >= 11 is 0. The third kappa shape index (κ3) is 6.20. The summed E-state index contributed by atoms with van der Waals surface area (Å²) in [4.78, 5) is 2.80. The van der Waals surface area contributed by atoms with Crippen molar-refractivity contribution in [3.05, 3.63) is 23.8 Å². The second-order valence-electron chi connectivity index (χ2n) is 17.3. The molecule has 7 aliphatic rings. The topological polar surface area (TPSA) is 162 Å². The lowest BCUT2D eigenvalue weighted by atomic mass is 9.47. The molecule has 6 N–H and O–H groups in total. The molecule has 11 nitrogen and oxygen atoms in total. The molecule has 0 aromatic heterocycles. The Balaban J connectivity index is 0.961. The molecule has 0 amide bonds. The lowest BCUT2D eigenvalue weighted by Crippen LogP contribution is -2.62. The van der Waals surface area contributed by atoms with E-state index in [0.29, 0.717) is 23.7 Å². The third-order valence-corrected chi connectivity index (χ3v) is 14.6. The first kappa shape index (κ1) is 36.4. The number of rotatable bonds is 6. The zero-order valence-electron chi connectivity index (χ0n) is 29.8. The van der Waals surface area contributed by atoms with Crippen molar-refractivity contribution in [1.29, 1.82) is 0 Å². The second kappa shape index (κ2) is 13.8. The summed E-state index contributed by atoms with van der Waals surface area (Å²) in [6.07, 6.45) is -1.36. The lowest BCUT2D eigenvalue weighted by Gasteiger charge is -2.58. The molecule has 18 atom stereocenters. The molecule has 2 saturated carbocycles. The van der Waals surface area contributed by atoms with E-state index in [1.54, 1.807) is 0 Å². The Morgan fingerprint density at radius 3 is 2.35 bits per heavy atom. The number of nitrogens with zero attached hydrogens (tertiary/aromatic N) is 1. The van der Waals surface area contributed by atoms with E-state index >= 15 is 0 Å². The van der Waals surface area contributed by atoms with Gasteiger partial charge in [-0.05, 0) is 91.8 Å². The van der Waals surface area contributed by atoms with Gasteiger partial charge < -0.3 is 49.6 Å². The molecule has 4 saturated heterocycles. The van der Waals surface area contributed by atoms with Crippen LogP contribution in [0.4, 0.5) is 0 Å². The van der Waals surface area contributed by atoms with Crippen LogP contribution in [0.2, 0.25) is 0 Å². The van der Waals surface area contributed by atoms with Crippen LogP contribution in [-0.2, 0) is 18.9 Å². The molecule has 7 rings (SSSR count). The van der Waals surface area contributed by atoms with E-state index < -0.39 is 61.9 Å². The van der Waals surface area contributed by atoms with Crippen molar-refractivity contribution in [2.75, 3.05) is 26.3 Å². The predicted molar refractivity (Wildman–Crippen MR) is 180 cm³/mol. The Morgan fingerprint density at radius 2 is 1.59 bits per heavy atom. The van der Waals surface area contributed by atoms with Crippen molar-refractivity contribution in [3.8, 4) is 0 Å². The summed E-state index contributed by atoms with van der Waals surface area (Å²) in [5, 5.41) is 61.9. The summed E-state index contributed by atoms with van der Waals surface area (Å²) in [6.45, 7) is 16.5. The first-order valence-corrected chi connectivity index (χ1v) is 19.0. The number of aliphatic hydroxyl groups is 6. The molecule has 0 aromatic carbocycles. The van der Waals surface area contributed by atoms with Gasteiger partial charge in [0.1, 0.15) is 42.7 Å². The molecule has 278 valence electrons. The molecule has 6 fully saturated rings. The Morgan fingerprint density at radius 1 is 0.857 bits per heavy atom. The Labute approximate surface area is 291 Å². The molecule has 4 aliphatic heterocycles. The Kier molecular flexibility index (Phi) is 10.2. The van der Waals surface area contributed by atoms with Gasteiger partial charge in [0, 0.05) is 19.1 Å². The summed E-state index contributed by atoms with van der Waals surface area (Å²) in [6, 6.07) is 0.725. The van der Waals surface area contributed by atoms with Gasteiger partial charge in [-0.15, -0.1) is 0 Å². The van der Waals surface area contributed by atoms with Gasteiger partial charge in [-0.25, -0.2) is 0 Å². The maximum atomic E-state index is 11.0. The first-order chi connectivity index (χ1) is 23.3. The van der Waals surface area contributed by atoms with Crippen LogP contribution in [0.3, 0.4) is 0 Å². The highest BCUT2D eigenvalue weighted by atomic mass is 16.7. The highest BCUT2D eigenvalue weighted by molar-refractivity contribution is 5.31. The minimum absolute atomic E-state index is 0.0805. The molecule has 3 aliphatic carbocycles. The van der Waals surface area contributed by atoms with Crippen LogP contribution in [0.5, 0.6) is 0 Å². The summed E-state index contributed by atoms with van der Waals surface area (Å²) in [5.41, 5.74) is 3.16. The van der Waals surface area contributed by atoms with E-state index in [1.807, 2.05) is 0 Å². The third-order valence-electron chi connectivity index (χ3n) is 14.6. The molecule has 4 heterocycles. The maximum absolute atomic E-state index is 11.0. The molecular weight excluding hydrogens is 630 g/mol. The van der Waals surface area contributed by atoms with E-state index in [9.17, 15) is 30.6 Å². The summed E-state index contributed by atoms with van der Waals surface area (Å²) in [5.74, 6) is 3.22. The smallest absolute Gasteiger partial charge is 0.187 e. The van der Waals surface area contributed by atoms with Gasteiger partial charge in [0.15, 0.2) is 12.6 Å². The molecular formula is C38H61NO10. The molecule has 0 bridgehead atoms. The fraction of sp³-hybridized carbons (Fsp3) is 0.895. The first-order valence-electron chi connectivity index (χ1n) is 19.0. The highest BCUT2D eigenvalue weighted by Gasteiger charge is 2.57. The van der Waals surface area contributed by atoms with Gasteiger partial charge in [-0.2, -0.15) is 0 Å². The minimum Gasteiger partial charge on any atom is -0.394 e. The average molecular weight is 692 g/mol. The van der Waals surface area contributed by atoms with Crippen molar-refractivity contribution >= 4 is 0 Å². The number of fused-ring (bicyclic) bond motifs is 4. The van der Waals surface area contributed by atoms with E-state index in [1.165, 1.54) is 49.9 Å². The quantitative estimate of drug-likeness (QED) is 0.227.